The minimum absolute atomic E-state index is 0.847. The Morgan fingerprint density at radius 3 is 2.21 bits per heavy atom. The van der Waals surface area contributed by atoms with E-state index in [1.165, 1.54) is 57.1 Å². The second kappa shape index (κ2) is 9.71. The van der Waals surface area contributed by atoms with Gasteiger partial charge in [0.2, 0.25) is 0 Å². The molecular formula is C17H30N2. The van der Waals surface area contributed by atoms with Crippen molar-refractivity contribution in [3.05, 3.63) is 24.3 Å². The smallest absolute Gasteiger partial charge is 0.0384 e. The van der Waals surface area contributed by atoms with Gasteiger partial charge in [-0.3, -0.25) is 0 Å². The molecular weight excluding hydrogens is 232 g/mol. The molecule has 0 atom stereocenters. The van der Waals surface area contributed by atoms with Gasteiger partial charge < -0.3 is 10.6 Å². The van der Waals surface area contributed by atoms with Crippen LogP contribution < -0.4 is 10.6 Å². The number of benzene rings is 1. The van der Waals surface area contributed by atoms with E-state index in [0.717, 1.165) is 12.2 Å². The molecule has 2 nitrogen and oxygen atoms in total. The van der Waals surface area contributed by atoms with Gasteiger partial charge in [0.05, 0.1) is 0 Å². The summed E-state index contributed by atoms with van der Waals surface area (Å²) in [4.78, 5) is 2.30. The molecule has 0 aliphatic heterocycles. The lowest BCUT2D eigenvalue weighted by molar-refractivity contribution is 0.575. The maximum Gasteiger partial charge on any atom is 0.0384 e. The summed E-state index contributed by atoms with van der Waals surface area (Å²) in [6.45, 7) is 3.39. The molecule has 0 saturated heterocycles. The number of unbranched alkanes of at least 4 members (excludes halogenated alkanes) is 7. The molecule has 0 radical (unpaired) electrons. The van der Waals surface area contributed by atoms with Crippen LogP contribution in [0.4, 0.5) is 11.4 Å². The van der Waals surface area contributed by atoms with Crippen molar-refractivity contribution in [3.63, 3.8) is 0 Å². The van der Waals surface area contributed by atoms with E-state index in [1.807, 2.05) is 18.2 Å². The standard InChI is InChI=1S/C17H30N2/c1-3-4-5-6-7-8-9-10-14-19(2)17-13-11-12-16(18)15-17/h11-13,15H,3-10,14,18H2,1-2H3. The van der Waals surface area contributed by atoms with Crippen molar-refractivity contribution in [1.82, 2.24) is 0 Å². The first-order valence-corrected chi connectivity index (χ1v) is 7.80. The highest BCUT2D eigenvalue weighted by Gasteiger charge is 2.00. The van der Waals surface area contributed by atoms with E-state index >= 15 is 0 Å². The highest BCUT2D eigenvalue weighted by molar-refractivity contribution is 5.55. The Bertz CT molecular complexity index is 336. The zero-order valence-electron chi connectivity index (χ0n) is 12.7. The zero-order chi connectivity index (χ0) is 13.9. The Balaban J connectivity index is 2.06. The number of rotatable bonds is 10. The van der Waals surface area contributed by atoms with Crippen LogP contribution in [-0.2, 0) is 0 Å². The van der Waals surface area contributed by atoms with E-state index < -0.39 is 0 Å². The van der Waals surface area contributed by atoms with Gasteiger partial charge in [-0.1, -0.05) is 57.9 Å². The predicted molar refractivity (Wildman–Crippen MR) is 86.7 cm³/mol. The topological polar surface area (TPSA) is 29.3 Å². The van der Waals surface area contributed by atoms with Gasteiger partial charge in [0.25, 0.3) is 0 Å². The molecule has 0 bridgehead atoms. The first-order valence-electron chi connectivity index (χ1n) is 7.80. The van der Waals surface area contributed by atoms with Crippen LogP contribution in [0.1, 0.15) is 58.3 Å². The Kier molecular flexibility index (Phi) is 8.11. The van der Waals surface area contributed by atoms with Gasteiger partial charge in [-0.2, -0.15) is 0 Å². The highest BCUT2D eigenvalue weighted by Crippen LogP contribution is 2.17. The van der Waals surface area contributed by atoms with E-state index in [2.05, 4.69) is 24.9 Å². The highest BCUT2D eigenvalue weighted by atomic mass is 15.1. The van der Waals surface area contributed by atoms with Crippen molar-refractivity contribution >= 4 is 11.4 Å². The van der Waals surface area contributed by atoms with Crippen LogP contribution in [-0.4, -0.2) is 13.6 Å². The van der Waals surface area contributed by atoms with Crippen LogP contribution in [0, 0.1) is 0 Å². The van der Waals surface area contributed by atoms with Gasteiger partial charge in [-0.25, -0.2) is 0 Å². The molecule has 108 valence electrons. The number of nitrogens with zero attached hydrogens (tertiary/aromatic N) is 1. The third-order valence-electron chi connectivity index (χ3n) is 3.66. The summed E-state index contributed by atoms with van der Waals surface area (Å²) >= 11 is 0. The summed E-state index contributed by atoms with van der Waals surface area (Å²) in [5.74, 6) is 0. The third kappa shape index (κ3) is 7.09. The maximum absolute atomic E-state index is 5.80. The second-order valence-corrected chi connectivity index (χ2v) is 5.49. The predicted octanol–water partition coefficient (Wildman–Crippen LogP) is 4.85. The molecule has 0 saturated carbocycles. The quantitative estimate of drug-likeness (QED) is 0.482. The van der Waals surface area contributed by atoms with Crippen LogP contribution >= 0.6 is 0 Å². The van der Waals surface area contributed by atoms with Crippen molar-refractivity contribution in [2.75, 3.05) is 24.2 Å². The molecule has 0 unspecified atom stereocenters. The molecule has 0 aliphatic carbocycles. The number of nitrogens with two attached hydrogens (primary N) is 1. The first-order chi connectivity index (χ1) is 9.24. The largest absolute Gasteiger partial charge is 0.399 e. The van der Waals surface area contributed by atoms with Gasteiger partial charge in [0.1, 0.15) is 0 Å². The number of nitrogen functional groups attached to an aromatic ring is 1. The molecule has 2 N–H and O–H groups in total. The molecule has 1 aromatic rings. The Morgan fingerprint density at radius 2 is 1.58 bits per heavy atom. The molecule has 1 rings (SSSR count). The lowest BCUT2D eigenvalue weighted by Crippen LogP contribution is -2.18. The maximum atomic E-state index is 5.80. The van der Waals surface area contributed by atoms with Crippen LogP contribution in [0.2, 0.25) is 0 Å². The Labute approximate surface area is 119 Å². The Morgan fingerprint density at radius 1 is 0.947 bits per heavy atom. The van der Waals surface area contributed by atoms with E-state index in [0.29, 0.717) is 0 Å². The molecule has 0 aromatic heterocycles. The lowest BCUT2D eigenvalue weighted by atomic mass is 10.1. The minimum Gasteiger partial charge on any atom is -0.399 e. The average Bonchev–Trinajstić information content (AvgIpc) is 2.41. The molecule has 0 spiro atoms. The normalized spacial score (nSPS) is 10.6. The molecule has 0 fully saturated rings. The van der Waals surface area contributed by atoms with Crippen LogP contribution in [0.15, 0.2) is 24.3 Å². The van der Waals surface area contributed by atoms with Crippen molar-refractivity contribution in [1.29, 1.82) is 0 Å². The van der Waals surface area contributed by atoms with Crippen LogP contribution in [0.3, 0.4) is 0 Å². The van der Waals surface area contributed by atoms with Crippen molar-refractivity contribution in [2.24, 2.45) is 0 Å². The summed E-state index contributed by atoms with van der Waals surface area (Å²) in [5.41, 5.74) is 7.88. The summed E-state index contributed by atoms with van der Waals surface area (Å²) in [7, 11) is 2.15. The number of anilines is 2. The van der Waals surface area contributed by atoms with E-state index in [1.54, 1.807) is 0 Å². The van der Waals surface area contributed by atoms with Gasteiger partial charge in [-0.05, 0) is 24.6 Å². The number of hydrogen-bond acceptors (Lipinski definition) is 2. The summed E-state index contributed by atoms with van der Waals surface area (Å²) in [6.07, 6.45) is 11.0. The molecule has 1 aromatic carbocycles. The van der Waals surface area contributed by atoms with Gasteiger partial charge in [0.15, 0.2) is 0 Å². The fraction of sp³-hybridized carbons (Fsp3) is 0.647. The van der Waals surface area contributed by atoms with Crippen LogP contribution in [0.25, 0.3) is 0 Å². The molecule has 19 heavy (non-hydrogen) atoms. The van der Waals surface area contributed by atoms with Crippen LogP contribution in [0.5, 0.6) is 0 Å². The van der Waals surface area contributed by atoms with Crippen molar-refractivity contribution in [2.45, 2.75) is 58.3 Å². The second-order valence-electron chi connectivity index (χ2n) is 5.49. The molecule has 2 heteroatoms. The average molecular weight is 262 g/mol. The summed E-state index contributed by atoms with van der Waals surface area (Å²) < 4.78 is 0. The van der Waals surface area contributed by atoms with E-state index in [-0.39, 0.29) is 0 Å². The minimum atomic E-state index is 0.847. The van der Waals surface area contributed by atoms with E-state index in [9.17, 15) is 0 Å². The van der Waals surface area contributed by atoms with Gasteiger partial charge in [-0.15, -0.1) is 0 Å². The fourth-order valence-electron chi connectivity index (χ4n) is 2.37. The fourth-order valence-corrected chi connectivity index (χ4v) is 2.37. The molecule has 0 aliphatic rings. The van der Waals surface area contributed by atoms with Gasteiger partial charge in [0, 0.05) is 25.0 Å². The molecule has 0 amide bonds. The number of hydrogen-bond donors (Lipinski definition) is 1. The Hall–Kier alpha value is -1.18. The third-order valence-corrected chi connectivity index (χ3v) is 3.66. The van der Waals surface area contributed by atoms with E-state index in [4.69, 9.17) is 5.73 Å². The SMILES string of the molecule is CCCCCCCCCCN(C)c1cccc(N)c1. The summed E-state index contributed by atoms with van der Waals surface area (Å²) in [6, 6.07) is 8.13. The molecule has 0 heterocycles. The monoisotopic (exact) mass is 262 g/mol. The summed E-state index contributed by atoms with van der Waals surface area (Å²) in [5, 5.41) is 0. The lowest BCUT2D eigenvalue weighted by Gasteiger charge is -2.19. The van der Waals surface area contributed by atoms with Gasteiger partial charge >= 0.3 is 0 Å². The van der Waals surface area contributed by atoms with Crippen molar-refractivity contribution < 1.29 is 0 Å². The zero-order valence-corrected chi connectivity index (χ0v) is 12.7. The van der Waals surface area contributed by atoms with Crippen molar-refractivity contribution in [3.8, 4) is 0 Å². The first kappa shape index (κ1) is 15.9.